The Morgan fingerprint density at radius 3 is 2.61 bits per heavy atom. The molecule has 0 radical (unpaired) electrons. The third-order valence-electron chi connectivity index (χ3n) is 8.17. The Balaban J connectivity index is 1.23. The van der Waals surface area contributed by atoms with Crippen LogP contribution in [0, 0.1) is 5.92 Å². The molecule has 2 aromatic carbocycles. The van der Waals surface area contributed by atoms with Gasteiger partial charge in [0.1, 0.15) is 11.9 Å². The Morgan fingerprint density at radius 2 is 1.89 bits per heavy atom. The molecule has 3 heterocycles. The van der Waals surface area contributed by atoms with E-state index < -0.39 is 18.2 Å². The van der Waals surface area contributed by atoms with Crippen molar-refractivity contribution >= 4 is 6.09 Å². The Morgan fingerprint density at radius 1 is 1.09 bits per heavy atom. The second kappa shape index (κ2) is 16.0. The van der Waals surface area contributed by atoms with Gasteiger partial charge in [0.2, 0.25) is 0 Å². The number of alkyl carbamates (subject to hydrolysis) is 1. The smallest absolute Gasteiger partial charge is 0.407 e. The number of fused-ring (bicyclic) bond motifs is 1. The third-order valence-corrected chi connectivity index (χ3v) is 8.17. The van der Waals surface area contributed by atoms with Gasteiger partial charge in [0, 0.05) is 24.8 Å². The molecule has 2 aliphatic heterocycles. The third kappa shape index (κ3) is 8.77. The molecular formula is C34H44N4O6. The number of ether oxygens (including phenoxy) is 4. The van der Waals surface area contributed by atoms with Crippen LogP contribution in [-0.2, 0) is 27.2 Å². The molecule has 1 aromatic heterocycles. The lowest BCUT2D eigenvalue weighted by Gasteiger charge is -2.30. The highest BCUT2D eigenvalue weighted by Crippen LogP contribution is 2.33. The standard InChI is InChI=1S/C34H44N4O6/c1-3-4-18-41-27-14-10-24(11-15-27)20-30(37-34(40)44-32-23-43-33-28(32)16-19-42-33)31(39)22-38(35-2)21-25-8-12-26(13-9-25)29-7-5-6-17-36-29/h5-15,17,28,30-33,35,39H,3-4,16,18-23H2,1-2H3,(H,37,40)/t28-,30-,31-,32-,33+/m0/s1. The first-order chi connectivity index (χ1) is 21.5. The Hall–Kier alpha value is -3.54. The molecule has 5 rings (SSSR count). The number of rotatable bonds is 15. The molecule has 236 valence electrons. The molecule has 10 nitrogen and oxygen atoms in total. The zero-order valence-electron chi connectivity index (χ0n) is 25.6. The van der Waals surface area contributed by atoms with Crippen LogP contribution in [0.5, 0.6) is 5.75 Å². The van der Waals surface area contributed by atoms with Crippen molar-refractivity contribution < 1.29 is 28.8 Å². The summed E-state index contributed by atoms with van der Waals surface area (Å²) >= 11 is 0. The quantitative estimate of drug-likeness (QED) is 0.172. The normalized spacial score (nSPS) is 20.7. The van der Waals surface area contributed by atoms with Crippen LogP contribution >= 0.6 is 0 Å². The Kier molecular flexibility index (Phi) is 11.6. The minimum atomic E-state index is -0.898. The van der Waals surface area contributed by atoms with E-state index in [-0.39, 0.29) is 24.9 Å². The number of hydrazine groups is 1. The predicted octanol–water partition coefficient (Wildman–Crippen LogP) is 4.32. The monoisotopic (exact) mass is 604 g/mol. The van der Waals surface area contributed by atoms with Crippen LogP contribution in [0.3, 0.4) is 0 Å². The summed E-state index contributed by atoms with van der Waals surface area (Å²) < 4.78 is 22.8. The molecule has 2 aliphatic rings. The summed E-state index contributed by atoms with van der Waals surface area (Å²) in [4.78, 5) is 17.5. The molecule has 0 spiro atoms. The maximum absolute atomic E-state index is 13.1. The van der Waals surface area contributed by atoms with Crippen molar-refractivity contribution in [3.05, 3.63) is 84.1 Å². The van der Waals surface area contributed by atoms with Crippen LogP contribution < -0.4 is 15.5 Å². The van der Waals surface area contributed by atoms with E-state index in [2.05, 4.69) is 34.8 Å². The second-order valence-corrected chi connectivity index (χ2v) is 11.4. The number of unbranched alkanes of at least 4 members (excludes halogenated alkanes) is 1. The summed E-state index contributed by atoms with van der Waals surface area (Å²) in [5.41, 5.74) is 7.18. The number of nitrogens with one attached hydrogen (secondary N) is 2. The summed E-state index contributed by atoms with van der Waals surface area (Å²) in [6, 6.07) is 21.3. The lowest BCUT2D eigenvalue weighted by molar-refractivity contribution is -0.0907. The van der Waals surface area contributed by atoms with Gasteiger partial charge in [0.05, 0.1) is 43.6 Å². The molecule has 5 atom stereocenters. The van der Waals surface area contributed by atoms with Crippen LogP contribution in [0.2, 0.25) is 0 Å². The summed E-state index contributed by atoms with van der Waals surface area (Å²) in [7, 11) is 1.82. The number of aromatic nitrogens is 1. The number of benzene rings is 2. The molecule has 0 saturated carbocycles. The molecule has 3 aromatic rings. The van der Waals surface area contributed by atoms with E-state index in [9.17, 15) is 9.90 Å². The van der Waals surface area contributed by atoms with Crippen molar-refractivity contribution in [2.75, 3.05) is 33.4 Å². The number of pyridine rings is 1. The number of nitrogens with zero attached hydrogens (tertiary/aromatic N) is 2. The topological polar surface area (TPSA) is 114 Å². The van der Waals surface area contributed by atoms with E-state index in [4.69, 9.17) is 18.9 Å². The number of aliphatic hydroxyl groups is 1. The van der Waals surface area contributed by atoms with Gasteiger partial charge in [-0.2, -0.15) is 0 Å². The van der Waals surface area contributed by atoms with Gasteiger partial charge in [-0.05, 0) is 61.7 Å². The van der Waals surface area contributed by atoms with Crippen LogP contribution in [0.4, 0.5) is 4.79 Å². The molecule has 3 N–H and O–H groups in total. The first-order valence-corrected chi connectivity index (χ1v) is 15.5. The van der Waals surface area contributed by atoms with Crippen molar-refractivity contribution in [1.82, 2.24) is 20.7 Å². The van der Waals surface area contributed by atoms with Crippen LogP contribution in [-0.4, -0.2) is 79.1 Å². The molecule has 44 heavy (non-hydrogen) atoms. The minimum Gasteiger partial charge on any atom is -0.494 e. The van der Waals surface area contributed by atoms with Gasteiger partial charge >= 0.3 is 6.09 Å². The van der Waals surface area contributed by atoms with Crippen LogP contribution in [0.15, 0.2) is 72.9 Å². The van der Waals surface area contributed by atoms with E-state index in [1.807, 2.05) is 66.7 Å². The number of aliphatic hydroxyl groups excluding tert-OH is 1. The summed E-state index contributed by atoms with van der Waals surface area (Å²) in [6.07, 6.45) is 2.90. The zero-order valence-corrected chi connectivity index (χ0v) is 25.6. The first kappa shape index (κ1) is 31.9. The fourth-order valence-corrected chi connectivity index (χ4v) is 5.59. The van der Waals surface area contributed by atoms with Crippen molar-refractivity contribution in [3.8, 4) is 17.0 Å². The average Bonchev–Trinajstić information content (AvgIpc) is 3.67. The van der Waals surface area contributed by atoms with Gasteiger partial charge in [-0.3, -0.25) is 10.4 Å². The van der Waals surface area contributed by atoms with Gasteiger partial charge in [-0.25, -0.2) is 9.80 Å². The maximum atomic E-state index is 13.1. The summed E-state index contributed by atoms with van der Waals surface area (Å²) in [6.45, 7) is 4.54. The van der Waals surface area contributed by atoms with Gasteiger partial charge in [0.25, 0.3) is 0 Å². The number of hydrogen-bond donors (Lipinski definition) is 3. The highest BCUT2D eigenvalue weighted by molar-refractivity contribution is 5.68. The lowest BCUT2D eigenvalue weighted by atomic mass is 10.0. The number of carbonyl (C=O) groups excluding carboxylic acids is 1. The van der Waals surface area contributed by atoms with Crippen molar-refractivity contribution in [2.45, 2.75) is 63.7 Å². The fourth-order valence-electron chi connectivity index (χ4n) is 5.59. The van der Waals surface area contributed by atoms with E-state index in [1.165, 1.54) is 0 Å². The van der Waals surface area contributed by atoms with Crippen LogP contribution in [0.1, 0.15) is 37.3 Å². The number of hydrogen-bond acceptors (Lipinski definition) is 9. The van der Waals surface area contributed by atoms with Gasteiger partial charge in [-0.1, -0.05) is 55.8 Å². The number of amides is 1. The van der Waals surface area contributed by atoms with Crippen molar-refractivity contribution in [2.24, 2.45) is 5.92 Å². The number of carbonyl (C=O) groups is 1. The highest BCUT2D eigenvalue weighted by atomic mass is 16.7. The lowest BCUT2D eigenvalue weighted by Crippen LogP contribution is -2.52. The highest BCUT2D eigenvalue weighted by Gasteiger charge is 2.44. The van der Waals surface area contributed by atoms with E-state index in [0.717, 1.165) is 47.4 Å². The molecule has 1 amide bonds. The molecule has 2 fully saturated rings. The molecule has 2 saturated heterocycles. The Labute approximate surface area is 259 Å². The zero-order chi connectivity index (χ0) is 30.7. The average molecular weight is 605 g/mol. The second-order valence-electron chi connectivity index (χ2n) is 11.4. The largest absolute Gasteiger partial charge is 0.494 e. The summed E-state index contributed by atoms with van der Waals surface area (Å²) in [5.74, 6) is 0.838. The van der Waals surface area contributed by atoms with Gasteiger partial charge in [-0.15, -0.1) is 0 Å². The molecular weight excluding hydrogens is 560 g/mol. The van der Waals surface area contributed by atoms with Crippen molar-refractivity contribution in [1.29, 1.82) is 0 Å². The van der Waals surface area contributed by atoms with Crippen molar-refractivity contribution in [3.63, 3.8) is 0 Å². The van der Waals surface area contributed by atoms with E-state index in [1.54, 1.807) is 6.20 Å². The molecule has 0 aliphatic carbocycles. The predicted molar refractivity (Wildman–Crippen MR) is 167 cm³/mol. The first-order valence-electron chi connectivity index (χ1n) is 15.5. The van der Waals surface area contributed by atoms with E-state index in [0.29, 0.717) is 32.8 Å². The fraction of sp³-hybridized carbons (Fsp3) is 0.471. The van der Waals surface area contributed by atoms with Crippen LogP contribution in [0.25, 0.3) is 11.3 Å². The summed E-state index contributed by atoms with van der Waals surface area (Å²) in [5, 5.41) is 16.3. The van der Waals surface area contributed by atoms with E-state index >= 15 is 0 Å². The molecule has 10 heteroatoms. The van der Waals surface area contributed by atoms with Gasteiger partial charge < -0.3 is 29.4 Å². The molecule has 0 bridgehead atoms. The minimum absolute atomic E-state index is 0.0354. The SMILES string of the molecule is CCCCOc1ccc(C[C@H](NC(=O)O[C@H]2CO[C@H]3OCC[C@H]32)[C@@H](O)CN(Cc2ccc(-c3ccccn3)cc2)NC)cc1. The Bertz CT molecular complexity index is 1290. The molecule has 0 unspecified atom stereocenters. The van der Waals surface area contributed by atoms with Gasteiger partial charge in [0.15, 0.2) is 6.29 Å². The maximum Gasteiger partial charge on any atom is 0.407 e.